The number of benzene rings is 1. The van der Waals surface area contributed by atoms with E-state index >= 15 is 0 Å². The number of carbonyl (C=O) groups excluding carboxylic acids is 1. The smallest absolute Gasteiger partial charge is 0.144 e. The van der Waals surface area contributed by atoms with Crippen LogP contribution >= 0.6 is 34.5 Å². The van der Waals surface area contributed by atoms with E-state index in [1.165, 1.54) is 10.4 Å². The lowest BCUT2D eigenvalue weighted by Crippen LogP contribution is -2.19. The molecule has 1 unspecified atom stereocenters. The maximum atomic E-state index is 12.6. The second-order valence-corrected chi connectivity index (χ2v) is 6.90. The van der Waals surface area contributed by atoms with Gasteiger partial charge in [0.1, 0.15) is 5.78 Å². The molecule has 20 heavy (non-hydrogen) atoms. The molecule has 1 aliphatic carbocycles. The zero-order chi connectivity index (χ0) is 14.1. The number of aryl methyl sites for hydroxylation is 1. The van der Waals surface area contributed by atoms with E-state index < -0.39 is 0 Å². The highest BCUT2D eigenvalue weighted by atomic mass is 35.5. The number of ketones is 1. The van der Waals surface area contributed by atoms with Gasteiger partial charge in [0.25, 0.3) is 0 Å². The summed E-state index contributed by atoms with van der Waals surface area (Å²) in [6.07, 6.45) is 3.44. The van der Waals surface area contributed by atoms with Crippen LogP contribution in [-0.2, 0) is 17.6 Å². The van der Waals surface area contributed by atoms with Gasteiger partial charge in [-0.3, -0.25) is 4.79 Å². The summed E-state index contributed by atoms with van der Waals surface area (Å²) in [5.74, 6) is 0.233. The Morgan fingerprint density at radius 1 is 1.25 bits per heavy atom. The average molecular weight is 325 g/mol. The van der Waals surface area contributed by atoms with Crippen LogP contribution in [0.25, 0.3) is 0 Å². The highest BCUT2D eigenvalue weighted by molar-refractivity contribution is 7.10. The second kappa shape index (κ2) is 5.88. The summed E-state index contributed by atoms with van der Waals surface area (Å²) in [5, 5.41) is 3.23. The standard InChI is InChI=1S/C16H14Cl2OS/c17-13-4-2-5-14(18)12(13)9-15(19)10-3-1-6-16-11(10)7-8-20-16/h2,4-5,7-8,10H,1,3,6,9H2. The third-order valence-corrected chi connectivity index (χ3v) is 5.56. The molecular formula is C16H14Cl2OS. The van der Waals surface area contributed by atoms with Crippen molar-refractivity contribution in [1.29, 1.82) is 0 Å². The van der Waals surface area contributed by atoms with Crippen molar-refractivity contribution in [2.45, 2.75) is 31.6 Å². The molecule has 3 rings (SSSR count). The molecule has 0 saturated heterocycles. The van der Waals surface area contributed by atoms with Crippen LogP contribution in [0.3, 0.4) is 0 Å². The first-order chi connectivity index (χ1) is 9.66. The normalized spacial score (nSPS) is 17.8. The van der Waals surface area contributed by atoms with Gasteiger partial charge in [-0.05, 0) is 54.0 Å². The lowest BCUT2D eigenvalue weighted by Gasteiger charge is -2.21. The number of halogens is 2. The van der Waals surface area contributed by atoms with Crippen LogP contribution < -0.4 is 0 Å². The van der Waals surface area contributed by atoms with Gasteiger partial charge in [-0.1, -0.05) is 29.3 Å². The van der Waals surface area contributed by atoms with Crippen LogP contribution in [-0.4, -0.2) is 5.78 Å². The van der Waals surface area contributed by atoms with E-state index in [-0.39, 0.29) is 11.7 Å². The largest absolute Gasteiger partial charge is 0.299 e. The number of hydrogen-bond acceptors (Lipinski definition) is 2. The van der Waals surface area contributed by atoms with Gasteiger partial charge in [-0.2, -0.15) is 0 Å². The van der Waals surface area contributed by atoms with Crippen molar-refractivity contribution in [1.82, 2.24) is 0 Å². The van der Waals surface area contributed by atoms with Crippen molar-refractivity contribution in [3.63, 3.8) is 0 Å². The Morgan fingerprint density at radius 2 is 2.00 bits per heavy atom. The van der Waals surface area contributed by atoms with Crippen LogP contribution in [0.4, 0.5) is 0 Å². The number of rotatable bonds is 3. The summed E-state index contributed by atoms with van der Waals surface area (Å²) in [4.78, 5) is 14.0. The quantitative estimate of drug-likeness (QED) is 0.750. The van der Waals surface area contributed by atoms with Crippen molar-refractivity contribution in [3.05, 3.63) is 55.7 Å². The van der Waals surface area contributed by atoms with Crippen LogP contribution in [0.1, 0.15) is 34.8 Å². The van der Waals surface area contributed by atoms with Crippen LogP contribution in [0.5, 0.6) is 0 Å². The number of hydrogen-bond donors (Lipinski definition) is 0. The fraction of sp³-hybridized carbons (Fsp3) is 0.312. The molecule has 104 valence electrons. The highest BCUT2D eigenvalue weighted by Gasteiger charge is 2.27. The SMILES string of the molecule is O=C(Cc1c(Cl)cccc1Cl)C1CCCc2sccc21. The molecule has 1 aromatic carbocycles. The third kappa shape index (κ3) is 2.65. The molecule has 0 bridgehead atoms. The van der Waals surface area contributed by atoms with Crippen molar-refractivity contribution in [2.75, 3.05) is 0 Å². The molecule has 0 aliphatic heterocycles. The molecule has 1 atom stereocenters. The topological polar surface area (TPSA) is 17.1 Å². The molecule has 2 aromatic rings. The van der Waals surface area contributed by atoms with E-state index in [4.69, 9.17) is 23.2 Å². The number of Topliss-reactive ketones (excluding diaryl/α,β-unsaturated/α-hetero) is 1. The monoisotopic (exact) mass is 324 g/mol. The molecule has 1 aromatic heterocycles. The predicted molar refractivity (Wildman–Crippen MR) is 85.2 cm³/mol. The first-order valence-corrected chi connectivity index (χ1v) is 8.32. The van der Waals surface area contributed by atoms with E-state index in [2.05, 4.69) is 11.4 Å². The Kier molecular flexibility index (Phi) is 4.16. The first-order valence-electron chi connectivity index (χ1n) is 6.68. The van der Waals surface area contributed by atoms with Crippen LogP contribution in [0, 0.1) is 0 Å². The van der Waals surface area contributed by atoms with E-state index in [1.54, 1.807) is 29.5 Å². The van der Waals surface area contributed by atoms with Gasteiger partial charge < -0.3 is 0 Å². The lowest BCUT2D eigenvalue weighted by atomic mass is 9.83. The van der Waals surface area contributed by atoms with E-state index in [0.29, 0.717) is 16.5 Å². The Balaban J connectivity index is 1.85. The molecule has 0 radical (unpaired) electrons. The summed E-state index contributed by atoms with van der Waals surface area (Å²) >= 11 is 14.1. The van der Waals surface area contributed by atoms with Gasteiger partial charge in [0.05, 0.1) is 0 Å². The minimum atomic E-state index is 0.0114. The Bertz CT molecular complexity index is 627. The van der Waals surface area contributed by atoms with Crippen molar-refractivity contribution >= 4 is 40.3 Å². The molecular weight excluding hydrogens is 311 g/mol. The van der Waals surface area contributed by atoms with Gasteiger partial charge in [-0.25, -0.2) is 0 Å². The number of carbonyl (C=O) groups is 1. The molecule has 1 aliphatic rings. The average Bonchev–Trinajstić information content (AvgIpc) is 2.91. The molecule has 4 heteroatoms. The summed E-state index contributed by atoms with van der Waals surface area (Å²) in [6, 6.07) is 7.46. The minimum absolute atomic E-state index is 0.0114. The van der Waals surface area contributed by atoms with Gasteiger partial charge in [0, 0.05) is 27.3 Å². The van der Waals surface area contributed by atoms with Gasteiger partial charge in [0.2, 0.25) is 0 Å². The maximum Gasteiger partial charge on any atom is 0.144 e. The van der Waals surface area contributed by atoms with Crippen LogP contribution in [0.15, 0.2) is 29.6 Å². The molecule has 1 nitrogen and oxygen atoms in total. The second-order valence-electron chi connectivity index (χ2n) is 5.09. The lowest BCUT2D eigenvalue weighted by molar-refractivity contribution is -0.120. The zero-order valence-electron chi connectivity index (χ0n) is 10.9. The molecule has 1 heterocycles. The molecule has 0 amide bonds. The van der Waals surface area contributed by atoms with Crippen molar-refractivity contribution < 1.29 is 4.79 Å². The fourth-order valence-electron chi connectivity index (χ4n) is 2.82. The molecule has 0 spiro atoms. The summed E-state index contributed by atoms with van der Waals surface area (Å²) in [7, 11) is 0. The van der Waals surface area contributed by atoms with Gasteiger partial charge >= 0.3 is 0 Å². The zero-order valence-corrected chi connectivity index (χ0v) is 13.2. The number of fused-ring (bicyclic) bond motifs is 1. The molecule has 0 saturated carbocycles. The van der Waals surface area contributed by atoms with Gasteiger partial charge in [0.15, 0.2) is 0 Å². The fourth-order valence-corrected chi connectivity index (χ4v) is 4.34. The summed E-state index contributed by atoms with van der Waals surface area (Å²) < 4.78 is 0. The predicted octanol–water partition coefficient (Wildman–Crippen LogP) is 5.29. The van der Waals surface area contributed by atoms with E-state index in [1.807, 2.05) is 0 Å². The number of thiophene rings is 1. The highest BCUT2D eigenvalue weighted by Crippen LogP contribution is 2.37. The van der Waals surface area contributed by atoms with E-state index in [0.717, 1.165) is 24.8 Å². The molecule has 0 fully saturated rings. The van der Waals surface area contributed by atoms with Crippen LogP contribution in [0.2, 0.25) is 10.0 Å². The van der Waals surface area contributed by atoms with Gasteiger partial charge in [-0.15, -0.1) is 11.3 Å². The summed E-state index contributed by atoms with van der Waals surface area (Å²) in [5.41, 5.74) is 1.97. The Labute approximate surface area is 132 Å². The molecule has 0 N–H and O–H groups in total. The minimum Gasteiger partial charge on any atom is -0.299 e. The Morgan fingerprint density at radius 3 is 2.75 bits per heavy atom. The van der Waals surface area contributed by atoms with Crippen molar-refractivity contribution in [3.8, 4) is 0 Å². The first kappa shape index (κ1) is 14.1. The van der Waals surface area contributed by atoms with Crippen molar-refractivity contribution in [2.24, 2.45) is 0 Å². The third-order valence-electron chi connectivity index (χ3n) is 3.85. The summed E-state index contributed by atoms with van der Waals surface area (Å²) in [6.45, 7) is 0. The Hall–Kier alpha value is -0.830. The van der Waals surface area contributed by atoms with E-state index in [9.17, 15) is 4.79 Å². The maximum absolute atomic E-state index is 12.6.